The van der Waals surface area contributed by atoms with Crippen LogP contribution in [0.4, 0.5) is 4.39 Å². The number of aliphatic carboxylic acids is 1. The summed E-state index contributed by atoms with van der Waals surface area (Å²) in [5, 5.41) is 9.59. The van der Waals surface area contributed by atoms with Gasteiger partial charge in [0.05, 0.1) is 6.61 Å². The molecule has 116 valence electrons. The predicted octanol–water partition coefficient (Wildman–Crippen LogP) is 2.14. The monoisotopic (exact) mass is 298 g/mol. The molecule has 1 atom stereocenters. The molecule has 0 aliphatic carbocycles. The minimum atomic E-state index is -2.06. The van der Waals surface area contributed by atoms with Crippen molar-refractivity contribution in [3.8, 4) is 0 Å². The fourth-order valence-electron chi connectivity index (χ4n) is 2.20. The van der Waals surface area contributed by atoms with Crippen LogP contribution in [-0.4, -0.2) is 37.4 Å². The number of halogens is 1. The summed E-state index contributed by atoms with van der Waals surface area (Å²) >= 11 is 0. The molecule has 0 radical (unpaired) electrons. The van der Waals surface area contributed by atoms with Crippen molar-refractivity contribution in [1.82, 2.24) is 0 Å². The molecule has 0 bridgehead atoms. The first kappa shape index (κ1) is 17.1. The lowest BCUT2D eigenvalue weighted by Crippen LogP contribution is -2.46. The number of carboxylic acid groups (broad SMARTS) is 1. The molecule has 1 unspecified atom stereocenters. The number of esters is 1. The van der Waals surface area contributed by atoms with Gasteiger partial charge in [0.25, 0.3) is 0 Å². The zero-order valence-corrected chi connectivity index (χ0v) is 12.1. The van der Waals surface area contributed by atoms with Crippen LogP contribution >= 0.6 is 0 Å². The zero-order valence-electron chi connectivity index (χ0n) is 12.1. The number of rotatable bonds is 8. The first-order valence-electron chi connectivity index (χ1n) is 6.65. The smallest absolute Gasteiger partial charge is 0.328 e. The third-order valence-electron chi connectivity index (χ3n) is 3.22. The van der Waals surface area contributed by atoms with Crippen molar-refractivity contribution in [2.24, 2.45) is 0 Å². The Hall–Kier alpha value is -1.95. The summed E-state index contributed by atoms with van der Waals surface area (Å²) in [6.45, 7) is 1.86. The maximum Gasteiger partial charge on any atom is 0.328 e. The molecule has 0 spiro atoms. The van der Waals surface area contributed by atoms with Crippen LogP contribution in [0.15, 0.2) is 24.3 Å². The molecular weight excluding hydrogens is 279 g/mol. The van der Waals surface area contributed by atoms with Gasteiger partial charge in [-0.3, -0.25) is 9.59 Å². The first-order chi connectivity index (χ1) is 10.0. The van der Waals surface area contributed by atoms with Crippen LogP contribution in [0, 0.1) is 5.82 Å². The van der Waals surface area contributed by atoms with Gasteiger partial charge in [0.15, 0.2) is 5.41 Å². The second-order valence-electron chi connectivity index (χ2n) is 4.51. The highest BCUT2D eigenvalue weighted by Crippen LogP contribution is 2.33. The van der Waals surface area contributed by atoms with E-state index in [1.807, 2.05) is 0 Å². The number of hydrogen-bond acceptors (Lipinski definition) is 4. The number of carbonyl (C=O) groups is 2. The van der Waals surface area contributed by atoms with E-state index < -0.39 is 23.2 Å². The highest BCUT2D eigenvalue weighted by atomic mass is 19.1. The highest BCUT2D eigenvalue weighted by Gasteiger charge is 2.50. The molecule has 0 heterocycles. The average molecular weight is 298 g/mol. The molecule has 0 aromatic heterocycles. The largest absolute Gasteiger partial charge is 0.480 e. The lowest BCUT2D eigenvalue weighted by atomic mass is 9.76. The van der Waals surface area contributed by atoms with Gasteiger partial charge in [0, 0.05) is 19.3 Å². The minimum absolute atomic E-state index is 0.0204. The Labute approximate surface area is 122 Å². The van der Waals surface area contributed by atoms with E-state index in [2.05, 4.69) is 0 Å². The number of methoxy groups -OCH3 is 1. The fourth-order valence-corrected chi connectivity index (χ4v) is 2.20. The molecule has 0 aliphatic rings. The summed E-state index contributed by atoms with van der Waals surface area (Å²) in [7, 11) is 1.47. The van der Waals surface area contributed by atoms with Crippen LogP contribution in [0.1, 0.15) is 25.3 Å². The SMILES string of the molecule is CCOC(=O)C(CCCOC)(C(=O)O)c1ccccc1F. The number of hydrogen-bond donors (Lipinski definition) is 1. The molecule has 0 aliphatic heterocycles. The van der Waals surface area contributed by atoms with Crippen LogP contribution in [-0.2, 0) is 24.5 Å². The van der Waals surface area contributed by atoms with Crippen LogP contribution in [0.2, 0.25) is 0 Å². The molecule has 6 heteroatoms. The summed E-state index contributed by atoms with van der Waals surface area (Å²) in [6.07, 6.45) is 0.186. The molecule has 0 amide bonds. The van der Waals surface area contributed by atoms with E-state index in [1.54, 1.807) is 6.92 Å². The predicted molar refractivity (Wildman–Crippen MR) is 73.5 cm³/mol. The highest BCUT2D eigenvalue weighted by molar-refractivity contribution is 6.05. The Morgan fingerprint density at radius 1 is 1.33 bits per heavy atom. The van der Waals surface area contributed by atoms with E-state index in [9.17, 15) is 19.1 Å². The Morgan fingerprint density at radius 3 is 2.52 bits per heavy atom. The lowest BCUT2D eigenvalue weighted by molar-refractivity contribution is -0.162. The summed E-state index contributed by atoms with van der Waals surface area (Å²) in [6, 6.07) is 5.35. The van der Waals surface area contributed by atoms with E-state index in [0.29, 0.717) is 0 Å². The average Bonchev–Trinajstić information content (AvgIpc) is 2.44. The fraction of sp³-hybridized carbons (Fsp3) is 0.467. The third kappa shape index (κ3) is 3.58. The Bertz CT molecular complexity index is 503. The van der Waals surface area contributed by atoms with Crippen molar-refractivity contribution < 1.29 is 28.6 Å². The van der Waals surface area contributed by atoms with Crippen molar-refractivity contribution >= 4 is 11.9 Å². The standard InChI is InChI=1S/C15H19FO5/c1-3-21-14(19)15(13(17)18,9-6-10-20-2)11-7-4-5-8-12(11)16/h4-5,7-8H,3,6,9-10H2,1-2H3,(H,17,18). The van der Waals surface area contributed by atoms with Gasteiger partial charge in [0.2, 0.25) is 0 Å². The summed E-state index contributed by atoms with van der Waals surface area (Å²) < 4.78 is 23.8. The van der Waals surface area contributed by atoms with Gasteiger partial charge in [-0.05, 0) is 25.8 Å². The Kier molecular flexibility index (Phi) is 6.30. The molecule has 0 saturated heterocycles. The molecule has 1 N–H and O–H groups in total. The van der Waals surface area contributed by atoms with Gasteiger partial charge in [-0.1, -0.05) is 18.2 Å². The molecule has 0 saturated carbocycles. The third-order valence-corrected chi connectivity index (χ3v) is 3.22. The van der Waals surface area contributed by atoms with Gasteiger partial charge in [-0.2, -0.15) is 0 Å². The normalized spacial score (nSPS) is 13.5. The minimum Gasteiger partial charge on any atom is -0.480 e. The van der Waals surface area contributed by atoms with E-state index in [0.717, 1.165) is 6.07 Å². The van der Waals surface area contributed by atoms with E-state index in [4.69, 9.17) is 9.47 Å². The second kappa shape index (κ2) is 7.73. The van der Waals surface area contributed by atoms with Crippen LogP contribution in [0.3, 0.4) is 0 Å². The topological polar surface area (TPSA) is 72.8 Å². The van der Waals surface area contributed by atoms with Crippen LogP contribution in [0.5, 0.6) is 0 Å². The van der Waals surface area contributed by atoms with Gasteiger partial charge in [0.1, 0.15) is 5.82 Å². The van der Waals surface area contributed by atoms with E-state index in [1.165, 1.54) is 25.3 Å². The van der Waals surface area contributed by atoms with Crippen molar-refractivity contribution in [3.05, 3.63) is 35.6 Å². The Morgan fingerprint density at radius 2 is 2.00 bits per heavy atom. The molecule has 1 rings (SSSR count). The van der Waals surface area contributed by atoms with Crippen LogP contribution < -0.4 is 0 Å². The molecule has 5 nitrogen and oxygen atoms in total. The van der Waals surface area contributed by atoms with Crippen molar-refractivity contribution in [2.45, 2.75) is 25.2 Å². The number of carbonyl (C=O) groups excluding carboxylic acids is 1. The van der Waals surface area contributed by atoms with Crippen molar-refractivity contribution in [3.63, 3.8) is 0 Å². The lowest BCUT2D eigenvalue weighted by Gasteiger charge is -2.28. The molecule has 1 aromatic carbocycles. The first-order valence-corrected chi connectivity index (χ1v) is 6.65. The van der Waals surface area contributed by atoms with Crippen LogP contribution in [0.25, 0.3) is 0 Å². The van der Waals surface area contributed by atoms with Crippen molar-refractivity contribution in [2.75, 3.05) is 20.3 Å². The number of carboxylic acids is 1. The second-order valence-corrected chi connectivity index (χ2v) is 4.51. The maximum atomic E-state index is 14.1. The summed E-state index contributed by atoms with van der Waals surface area (Å²) in [5.74, 6) is -3.13. The summed E-state index contributed by atoms with van der Waals surface area (Å²) in [4.78, 5) is 24.0. The molecule has 21 heavy (non-hydrogen) atoms. The van der Waals surface area contributed by atoms with Gasteiger partial charge in [-0.15, -0.1) is 0 Å². The number of benzene rings is 1. The summed E-state index contributed by atoms with van der Waals surface area (Å²) in [5.41, 5.74) is -2.24. The van der Waals surface area contributed by atoms with Crippen molar-refractivity contribution in [1.29, 1.82) is 0 Å². The van der Waals surface area contributed by atoms with Gasteiger partial charge >= 0.3 is 11.9 Å². The quantitative estimate of drug-likeness (QED) is 0.452. The Balaban J connectivity index is 3.33. The maximum absolute atomic E-state index is 14.1. The number of ether oxygens (including phenoxy) is 2. The molecular formula is C15H19FO5. The van der Waals surface area contributed by atoms with Gasteiger partial charge < -0.3 is 14.6 Å². The van der Waals surface area contributed by atoms with E-state index in [-0.39, 0.29) is 31.6 Å². The molecule has 1 aromatic rings. The van der Waals surface area contributed by atoms with Gasteiger partial charge in [-0.25, -0.2) is 4.39 Å². The zero-order chi connectivity index (χ0) is 15.9. The van der Waals surface area contributed by atoms with E-state index >= 15 is 0 Å². The molecule has 0 fully saturated rings.